The van der Waals surface area contributed by atoms with E-state index in [9.17, 15) is 25.2 Å². The third-order valence-corrected chi connectivity index (χ3v) is 9.15. The first-order valence-corrected chi connectivity index (χ1v) is 14.0. The summed E-state index contributed by atoms with van der Waals surface area (Å²) in [6, 6.07) is -1.08. The zero-order valence-electron chi connectivity index (χ0n) is 20.7. The highest BCUT2D eigenvalue weighted by Crippen LogP contribution is 2.36. The molecule has 9 nitrogen and oxygen atoms in total. The number of rotatable bonds is 5. The largest absolute Gasteiger partial charge is 0.395 e. The number of thioether (sulfide) groups is 1. The molecule has 6 N–H and O–H groups in total. The highest BCUT2D eigenvalue weighted by Gasteiger charge is 2.49. The average molecular weight is 515 g/mol. The highest BCUT2D eigenvalue weighted by atomic mass is 32.2. The molecule has 5 unspecified atom stereocenters. The van der Waals surface area contributed by atoms with Gasteiger partial charge in [-0.25, -0.2) is 0 Å². The maximum atomic E-state index is 13.4. The summed E-state index contributed by atoms with van der Waals surface area (Å²) in [6.07, 6.45) is 2.88. The number of carbonyl (C=O) groups excluding carboxylic acids is 1. The van der Waals surface area contributed by atoms with E-state index in [2.05, 4.69) is 24.5 Å². The molecule has 1 amide bonds. The molecule has 4 heterocycles. The molecule has 2 bridgehead atoms. The van der Waals surface area contributed by atoms with Gasteiger partial charge in [-0.2, -0.15) is 0 Å². The second-order valence-corrected chi connectivity index (χ2v) is 12.3. The van der Waals surface area contributed by atoms with E-state index < -0.39 is 41.9 Å². The van der Waals surface area contributed by atoms with Gasteiger partial charge in [0.15, 0.2) is 0 Å². The highest BCUT2D eigenvalue weighted by molar-refractivity contribution is 8.00. The minimum Gasteiger partial charge on any atom is -0.395 e. The van der Waals surface area contributed by atoms with Gasteiger partial charge in [-0.3, -0.25) is 4.79 Å². The van der Waals surface area contributed by atoms with Crippen molar-refractivity contribution in [3.63, 3.8) is 0 Å². The Hall–Kier alpha value is -0.720. The molecule has 3 saturated heterocycles. The summed E-state index contributed by atoms with van der Waals surface area (Å²) < 4.78 is 12.2. The fraction of sp³-hybridized carbons (Fsp3) is 0.880. The molecular formula is C25H42N2O7S. The van der Waals surface area contributed by atoms with Crippen LogP contribution >= 0.6 is 11.8 Å². The Morgan fingerprint density at radius 1 is 1.14 bits per heavy atom. The van der Waals surface area contributed by atoms with Crippen LogP contribution in [0.4, 0.5) is 0 Å². The molecule has 0 aromatic carbocycles. The molecule has 0 aromatic heterocycles. The van der Waals surface area contributed by atoms with Gasteiger partial charge in [0.1, 0.15) is 35.9 Å². The number of aliphatic hydroxyl groups excluding tert-OH is 4. The number of hydrogen-bond acceptors (Lipinski definition) is 9. The third-order valence-electron chi connectivity index (χ3n) is 7.77. The van der Waals surface area contributed by atoms with Crippen molar-refractivity contribution in [3.05, 3.63) is 12.2 Å². The smallest absolute Gasteiger partial charge is 0.240 e. The van der Waals surface area contributed by atoms with Gasteiger partial charge in [0, 0.05) is 18.4 Å². The summed E-state index contributed by atoms with van der Waals surface area (Å²) in [7, 11) is 0. The molecule has 0 aromatic rings. The van der Waals surface area contributed by atoms with Crippen LogP contribution in [0, 0.1) is 17.8 Å². The SMILES string of the molecule is CC(C)C[C@@H]1CCO[C@@H]2[C@H](CN[C@@H]2C(=O)N[C@@H]2C/C=C\C[C@H](CO)SC3OC2C(O)C(O)C3O)C1. The summed E-state index contributed by atoms with van der Waals surface area (Å²) in [6.45, 7) is 5.76. The summed E-state index contributed by atoms with van der Waals surface area (Å²) in [5, 5.41) is 47.6. The quantitative estimate of drug-likeness (QED) is 0.283. The number of nitrogens with one attached hydrogen (secondary N) is 2. The van der Waals surface area contributed by atoms with Crippen LogP contribution in [0.5, 0.6) is 0 Å². The molecule has 0 saturated carbocycles. The lowest BCUT2D eigenvalue weighted by molar-refractivity contribution is -0.205. The summed E-state index contributed by atoms with van der Waals surface area (Å²) in [5.41, 5.74) is -0.821. The Kier molecular flexibility index (Phi) is 9.53. The molecule has 4 aliphatic heterocycles. The zero-order valence-corrected chi connectivity index (χ0v) is 21.5. The van der Waals surface area contributed by atoms with E-state index in [1.165, 1.54) is 18.2 Å². The minimum atomic E-state index is -1.41. The number of amides is 1. The Balaban J connectivity index is 1.46. The van der Waals surface area contributed by atoms with Gasteiger partial charge in [0.05, 0.1) is 18.8 Å². The lowest BCUT2D eigenvalue weighted by Gasteiger charge is -2.44. The molecule has 0 radical (unpaired) electrons. The molecule has 0 spiro atoms. The van der Waals surface area contributed by atoms with Crippen LogP contribution in [0.25, 0.3) is 0 Å². The number of allylic oxidation sites excluding steroid dienone is 1. The van der Waals surface area contributed by atoms with Gasteiger partial charge in [0.25, 0.3) is 0 Å². The van der Waals surface area contributed by atoms with E-state index in [1.54, 1.807) is 0 Å². The van der Waals surface area contributed by atoms with Crippen molar-refractivity contribution >= 4 is 17.7 Å². The van der Waals surface area contributed by atoms with Crippen LogP contribution in [-0.4, -0.2) is 99.4 Å². The van der Waals surface area contributed by atoms with Gasteiger partial charge < -0.3 is 40.5 Å². The van der Waals surface area contributed by atoms with Crippen LogP contribution in [0.1, 0.15) is 46.0 Å². The Morgan fingerprint density at radius 2 is 1.91 bits per heavy atom. The van der Waals surface area contributed by atoms with Crippen molar-refractivity contribution in [1.29, 1.82) is 0 Å². The predicted molar refractivity (Wildman–Crippen MR) is 133 cm³/mol. The number of hydrogen-bond donors (Lipinski definition) is 6. The number of fused-ring (bicyclic) bond motifs is 3. The topological polar surface area (TPSA) is 141 Å². The van der Waals surface area contributed by atoms with Gasteiger partial charge in [-0.15, -0.1) is 11.8 Å². The van der Waals surface area contributed by atoms with E-state index in [-0.39, 0.29) is 29.8 Å². The molecular weight excluding hydrogens is 472 g/mol. The molecule has 11 atom stereocenters. The van der Waals surface area contributed by atoms with Crippen molar-refractivity contribution in [3.8, 4) is 0 Å². The molecule has 200 valence electrons. The van der Waals surface area contributed by atoms with E-state index in [4.69, 9.17) is 9.47 Å². The monoisotopic (exact) mass is 514 g/mol. The van der Waals surface area contributed by atoms with Gasteiger partial charge in [0.2, 0.25) is 5.91 Å². The normalized spacial score (nSPS) is 45.4. The average Bonchev–Trinajstić information content (AvgIpc) is 3.11. The van der Waals surface area contributed by atoms with Crippen molar-refractivity contribution in [2.24, 2.45) is 17.8 Å². The maximum Gasteiger partial charge on any atom is 0.240 e. The first kappa shape index (κ1) is 27.3. The van der Waals surface area contributed by atoms with Crippen LogP contribution in [-0.2, 0) is 14.3 Å². The zero-order chi connectivity index (χ0) is 25.1. The van der Waals surface area contributed by atoms with Gasteiger partial charge in [-0.1, -0.05) is 26.0 Å². The Bertz CT molecular complexity index is 741. The van der Waals surface area contributed by atoms with E-state index in [1.807, 2.05) is 12.2 Å². The molecule has 4 aliphatic rings. The lowest BCUT2D eigenvalue weighted by atomic mass is 9.85. The maximum absolute atomic E-state index is 13.4. The molecule has 4 rings (SSSR count). The second kappa shape index (κ2) is 12.2. The summed E-state index contributed by atoms with van der Waals surface area (Å²) in [4.78, 5) is 13.4. The predicted octanol–water partition coefficient (Wildman–Crippen LogP) is 0.152. The van der Waals surface area contributed by atoms with Crippen LogP contribution < -0.4 is 10.6 Å². The standard InChI is InChI=1S/C25H42N2O7S/c1-13(2)9-14-7-8-33-22-15(10-14)11-26-18(22)24(32)27-17-6-4-3-5-16(12-28)35-25-21(31)19(29)20(30)23(17)34-25/h3-4,13-23,25-26,28-31H,5-12H2,1-2H3,(H,27,32)/b4-3-/t14-,15-,16+,17+,18-,19?,20?,21?,22+,23?,25?/m0/s1. The Morgan fingerprint density at radius 3 is 2.66 bits per heavy atom. The second-order valence-electron chi connectivity index (χ2n) is 10.9. The van der Waals surface area contributed by atoms with Crippen LogP contribution in [0.3, 0.4) is 0 Å². The van der Waals surface area contributed by atoms with Crippen molar-refractivity contribution in [2.45, 2.75) is 99.2 Å². The fourth-order valence-corrected chi connectivity index (χ4v) is 7.19. The van der Waals surface area contributed by atoms with Crippen molar-refractivity contribution in [1.82, 2.24) is 10.6 Å². The van der Waals surface area contributed by atoms with Gasteiger partial charge >= 0.3 is 0 Å². The fourth-order valence-electron chi connectivity index (χ4n) is 5.99. The lowest BCUT2D eigenvalue weighted by Crippen LogP contribution is -2.64. The molecule has 35 heavy (non-hydrogen) atoms. The molecule has 10 heteroatoms. The first-order valence-electron chi connectivity index (χ1n) is 13.0. The summed E-state index contributed by atoms with van der Waals surface area (Å²) in [5.74, 6) is 1.32. The van der Waals surface area contributed by atoms with E-state index in [0.29, 0.717) is 31.3 Å². The van der Waals surface area contributed by atoms with Crippen LogP contribution in [0.2, 0.25) is 0 Å². The van der Waals surface area contributed by atoms with E-state index in [0.717, 1.165) is 19.4 Å². The Labute approximate surface area is 212 Å². The molecule has 3 fully saturated rings. The van der Waals surface area contributed by atoms with Crippen LogP contribution in [0.15, 0.2) is 12.2 Å². The van der Waals surface area contributed by atoms with Crippen molar-refractivity contribution < 1.29 is 34.7 Å². The first-order chi connectivity index (χ1) is 16.8. The summed E-state index contributed by atoms with van der Waals surface area (Å²) >= 11 is 1.24. The van der Waals surface area contributed by atoms with Gasteiger partial charge in [-0.05, 0) is 49.9 Å². The number of aliphatic hydroxyl groups is 4. The minimum absolute atomic E-state index is 0.0982. The molecule has 0 aliphatic carbocycles. The van der Waals surface area contributed by atoms with Crippen molar-refractivity contribution in [2.75, 3.05) is 19.8 Å². The van der Waals surface area contributed by atoms with E-state index >= 15 is 0 Å². The number of carbonyl (C=O) groups is 1. The number of ether oxygens (including phenoxy) is 2. The third kappa shape index (κ3) is 6.41.